The van der Waals surface area contributed by atoms with E-state index in [0.717, 1.165) is 16.6 Å². The zero-order valence-corrected chi connectivity index (χ0v) is 13.2. The first-order chi connectivity index (χ1) is 9.18. The third kappa shape index (κ3) is 2.48. The van der Waals surface area contributed by atoms with Crippen LogP contribution in [0.4, 0.5) is 0 Å². The van der Waals surface area contributed by atoms with Crippen LogP contribution in [0.2, 0.25) is 0 Å². The highest BCUT2D eigenvalue weighted by Gasteiger charge is 2.52. The Morgan fingerprint density at radius 3 is 2.15 bits per heavy atom. The summed E-state index contributed by atoms with van der Waals surface area (Å²) in [5.41, 5.74) is 2.51. The van der Waals surface area contributed by atoms with Gasteiger partial charge in [-0.1, -0.05) is 23.8 Å². The molecular formula is C16H22BNO2. The van der Waals surface area contributed by atoms with Crippen molar-refractivity contribution in [2.24, 2.45) is 0 Å². The number of nitrogens with zero attached hydrogens (tertiary/aromatic N) is 1. The molecule has 3 nitrogen and oxygen atoms in total. The van der Waals surface area contributed by atoms with Gasteiger partial charge in [0.15, 0.2) is 0 Å². The van der Waals surface area contributed by atoms with E-state index in [1.807, 2.05) is 32.0 Å². The topological polar surface area (TPSA) is 42.2 Å². The van der Waals surface area contributed by atoms with Crippen molar-refractivity contribution < 1.29 is 9.31 Å². The van der Waals surface area contributed by atoms with Gasteiger partial charge in [-0.25, -0.2) is 0 Å². The van der Waals surface area contributed by atoms with E-state index < -0.39 is 0 Å². The Bertz CT molecular complexity index is 544. The van der Waals surface area contributed by atoms with Gasteiger partial charge in [-0.3, -0.25) is 0 Å². The van der Waals surface area contributed by atoms with Crippen LogP contribution in [-0.2, 0) is 9.31 Å². The number of aryl methyl sites for hydroxylation is 1. The molecule has 1 unspecified atom stereocenters. The molecule has 106 valence electrons. The summed E-state index contributed by atoms with van der Waals surface area (Å²) >= 11 is 0. The Kier molecular flexibility index (Phi) is 3.70. The van der Waals surface area contributed by atoms with Gasteiger partial charge in [0.25, 0.3) is 0 Å². The minimum atomic E-state index is -0.341. The molecule has 0 amide bonds. The number of nitriles is 1. The molecule has 1 fully saturated rings. The van der Waals surface area contributed by atoms with Gasteiger partial charge in [0.05, 0.1) is 23.2 Å². The molecule has 1 saturated heterocycles. The van der Waals surface area contributed by atoms with Gasteiger partial charge in [0, 0.05) is 0 Å². The lowest BCUT2D eigenvalue weighted by Crippen LogP contribution is -2.41. The second-order valence-electron chi connectivity index (χ2n) is 6.56. The molecule has 2 rings (SSSR count). The van der Waals surface area contributed by atoms with Gasteiger partial charge in [0.1, 0.15) is 0 Å². The number of hydrogen-bond donors (Lipinski definition) is 0. The maximum Gasteiger partial charge on any atom is 0.495 e. The van der Waals surface area contributed by atoms with Gasteiger partial charge in [-0.2, -0.15) is 5.26 Å². The number of benzene rings is 1. The average Bonchev–Trinajstić information content (AvgIpc) is 2.57. The molecule has 0 aliphatic carbocycles. The van der Waals surface area contributed by atoms with Crippen LogP contribution in [0.1, 0.15) is 51.7 Å². The van der Waals surface area contributed by atoms with Crippen LogP contribution >= 0.6 is 0 Å². The molecule has 1 atom stereocenters. The molecular weight excluding hydrogens is 249 g/mol. The minimum Gasteiger partial charge on any atom is -0.399 e. The molecule has 1 aromatic carbocycles. The molecule has 20 heavy (non-hydrogen) atoms. The summed E-state index contributed by atoms with van der Waals surface area (Å²) in [4.78, 5) is 0. The monoisotopic (exact) mass is 271 g/mol. The van der Waals surface area contributed by atoms with Crippen LogP contribution < -0.4 is 5.46 Å². The summed E-state index contributed by atoms with van der Waals surface area (Å²) in [5.74, 6) is -0.0963. The summed E-state index contributed by atoms with van der Waals surface area (Å²) in [5, 5.41) is 9.00. The highest BCUT2D eigenvalue weighted by Crippen LogP contribution is 2.36. The third-order valence-corrected chi connectivity index (χ3v) is 4.49. The van der Waals surface area contributed by atoms with Crippen molar-refractivity contribution in [3.63, 3.8) is 0 Å². The van der Waals surface area contributed by atoms with Crippen molar-refractivity contribution >= 4 is 12.6 Å². The van der Waals surface area contributed by atoms with Crippen molar-refractivity contribution in [3.05, 3.63) is 29.3 Å². The number of hydrogen-bond acceptors (Lipinski definition) is 3. The number of rotatable bonds is 2. The summed E-state index contributed by atoms with van der Waals surface area (Å²) in [6.07, 6.45) is 0. The molecule has 0 radical (unpaired) electrons. The molecule has 4 heteroatoms. The van der Waals surface area contributed by atoms with Gasteiger partial charge >= 0.3 is 7.12 Å². The van der Waals surface area contributed by atoms with Crippen LogP contribution in [0.3, 0.4) is 0 Å². The van der Waals surface area contributed by atoms with E-state index in [9.17, 15) is 0 Å². The average molecular weight is 271 g/mol. The van der Waals surface area contributed by atoms with E-state index in [1.165, 1.54) is 0 Å². The maximum atomic E-state index is 9.00. The zero-order valence-electron chi connectivity index (χ0n) is 13.2. The molecule has 1 aliphatic rings. The molecule has 0 saturated carbocycles. The van der Waals surface area contributed by atoms with Crippen molar-refractivity contribution in [2.75, 3.05) is 0 Å². The first kappa shape index (κ1) is 15.1. The Balaban J connectivity index is 2.30. The quantitative estimate of drug-likeness (QED) is 0.777. The van der Waals surface area contributed by atoms with Gasteiger partial charge < -0.3 is 9.31 Å². The lowest BCUT2D eigenvalue weighted by molar-refractivity contribution is 0.00578. The van der Waals surface area contributed by atoms with E-state index >= 15 is 0 Å². The highest BCUT2D eigenvalue weighted by atomic mass is 16.7. The lowest BCUT2D eigenvalue weighted by Gasteiger charge is -2.32. The summed E-state index contributed by atoms with van der Waals surface area (Å²) in [6.45, 7) is 12.1. The predicted octanol–water partition coefficient (Wildman–Crippen LogP) is 2.92. The normalized spacial score (nSPS) is 21.6. The van der Waals surface area contributed by atoms with Crippen molar-refractivity contribution in [3.8, 4) is 6.07 Å². The van der Waals surface area contributed by atoms with Crippen LogP contribution in [0.15, 0.2) is 18.2 Å². The first-order valence-electron chi connectivity index (χ1n) is 7.03. The zero-order chi connectivity index (χ0) is 15.1. The lowest BCUT2D eigenvalue weighted by atomic mass is 9.75. The summed E-state index contributed by atoms with van der Waals surface area (Å²) < 4.78 is 12.1. The van der Waals surface area contributed by atoms with Crippen LogP contribution in [-0.4, -0.2) is 18.3 Å². The van der Waals surface area contributed by atoms with E-state index in [4.69, 9.17) is 14.6 Å². The van der Waals surface area contributed by atoms with Gasteiger partial charge in [0.2, 0.25) is 0 Å². The second-order valence-corrected chi connectivity index (χ2v) is 6.56. The molecule has 1 aliphatic heterocycles. The van der Waals surface area contributed by atoms with E-state index in [0.29, 0.717) is 0 Å². The SMILES string of the molecule is Cc1cc(C(C)C#N)ccc1B1OC(C)(C)C(C)(C)O1. The largest absolute Gasteiger partial charge is 0.495 e. The molecule has 1 aromatic rings. The van der Waals surface area contributed by atoms with Gasteiger partial charge in [-0.15, -0.1) is 0 Å². The van der Waals surface area contributed by atoms with Crippen LogP contribution in [0.5, 0.6) is 0 Å². The van der Waals surface area contributed by atoms with Crippen LogP contribution in [0, 0.1) is 18.3 Å². The first-order valence-corrected chi connectivity index (χ1v) is 7.03. The minimum absolute atomic E-state index is 0.0963. The fourth-order valence-electron chi connectivity index (χ4n) is 2.28. The smallest absolute Gasteiger partial charge is 0.399 e. The molecule has 0 bridgehead atoms. The standard InChI is InChI=1S/C16H22BNO2/c1-11-9-13(12(2)10-18)7-8-14(11)17-19-15(3,4)16(5,6)20-17/h7-9,12H,1-6H3. The summed E-state index contributed by atoms with van der Waals surface area (Å²) in [7, 11) is -0.341. The Hall–Kier alpha value is -1.31. The second kappa shape index (κ2) is 4.91. The van der Waals surface area contributed by atoms with Crippen molar-refractivity contribution in [1.82, 2.24) is 0 Å². The fourth-order valence-corrected chi connectivity index (χ4v) is 2.28. The maximum absolute atomic E-state index is 9.00. The van der Waals surface area contributed by atoms with E-state index in [2.05, 4.69) is 33.8 Å². The fraction of sp³-hybridized carbons (Fsp3) is 0.562. The Morgan fingerprint density at radius 2 is 1.70 bits per heavy atom. The van der Waals surface area contributed by atoms with E-state index in [-0.39, 0.29) is 24.2 Å². The third-order valence-electron chi connectivity index (χ3n) is 4.49. The van der Waals surface area contributed by atoms with Crippen LogP contribution in [0.25, 0.3) is 0 Å². The summed E-state index contributed by atoms with van der Waals surface area (Å²) in [6, 6.07) is 8.31. The van der Waals surface area contributed by atoms with E-state index in [1.54, 1.807) is 0 Å². The molecule has 1 heterocycles. The van der Waals surface area contributed by atoms with Gasteiger partial charge in [-0.05, 0) is 52.6 Å². The molecule has 0 aromatic heterocycles. The molecule has 0 N–H and O–H groups in total. The Morgan fingerprint density at radius 1 is 1.15 bits per heavy atom. The van der Waals surface area contributed by atoms with Crippen molar-refractivity contribution in [1.29, 1.82) is 5.26 Å². The van der Waals surface area contributed by atoms with Crippen molar-refractivity contribution in [2.45, 2.75) is 58.7 Å². The Labute approximate surface area is 122 Å². The predicted molar refractivity (Wildman–Crippen MR) is 80.9 cm³/mol. The molecule has 0 spiro atoms. The highest BCUT2D eigenvalue weighted by molar-refractivity contribution is 6.62.